The third-order valence-corrected chi connectivity index (χ3v) is 3.97. The summed E-state index contributed by atoms with van der Waals surface area (Å²) in [5.74, 6) is 0.161. The summed E-state index contributed by atoms with van der Waals surface area (Å²) >= 11 is 0. The second-order valence-corrected chi connectivity index (χ2v) is 4.89. The summed E-state index contributed by atoms with van der Waals surface area (Å²) < 4.78 is 16.0. The van der Waals surface area contributed by atoms with Crippen molar-refractivity contribution in [2.75, 3.05) is 20.8 Å². The average molecular weight is 281 g/mol. The van der Waals surface area contributed by atoms with Crippen molar-refractivity contribution in [1.29, 1.82) is 0 Å². The monoisotopic (exact) mass is 281 g/mol. The fourth-order valence-electron chi connectivity index (χ4n) is 2.64. The third kappa shape index (κ3) is 2.31. The van der Waals surface area contributed by atoms with Gasteiger partial charge in [-0.15, -0.1) is 0 Å². The van der Waals surface area contributed by atoms with Gasteiger partial charge in [0.1, 0.15) is 5.41 Å². The highest BCUT2D eigenvalue weighted by Gasteiger charge is 2.49. The molecule has 0 aliphatic carbocycles. The van der Waals surface area contributed by atoms with Crippen molar-refractivity contribution in [3.63, 3.8) is 0 Å². The predicted molar refractivity (Wildman–Crippen MR) is 71.1 cm³/mol. The van der Waals surface area contributed by atoms with Gasteiger partial charge < -0.3 is 19.3 Å². The Hall–Kier alpha value is -1.82. The Morgan fingerprint density at radius 2 is 2.30 bits per heavy atom. The molecule has 0 saturated carbocycles. The van der Waals surface area contributed by atoms with Crippen molar-refractivity contribution in [1.82, 2.24) is 4.98 Å². The van der Waals surface area contributed by atoms with E-state index >= 15 is 0 Å². The number of methoxy groups -OCH3 is 2. The van der Waals surface area contributed by atoms with Crippen LogP contribution in [0.2, 0.25) is 0 Å². The summed E-state index contributed by atoms with van der Waals surface area (Å²) in [6, 6.07) is 1.68. The molecule has 1 saturated heterocycles. The molecule has 2 unspecified atom stereocenters. The fraction of sp³-hybridized carbons (Fsp3) is 0.571. The molecule has 1 N–H and O–H groups in total. The summed E-state index contributed by atoms with van der Waals surface area (Å²) in [4.78, 5) is 16.0. The number of pyridine rings is 1. The molecule has 1 fully saturated rings. The first kappa shape index (κ1) is 14.6. The van der Waals surface area contributed by atoms with Crippen LogP contribution in [0.1, 0.15) is 19.0 Å². The maximum absolute atomic E-state index is 11.7. The lowest BCUT2D eigenvalue weighted by Crippen LogP contribution is -2.39. The number of hydrogen-bond acceptors (Lipinski definition) is 5. The molecule has 1 aliphatic heterocycles. The fourth-order valence-corrected chi connectivity index (χ4v) is 2.64. The Labute approximate surface area is 117 Å². The predicted octanol–water partition coefficient (Wildman–Crippen LogP) is 1.52. The topological polar surface area (TPSA) is 77.9 Å². The number of carbonyl (C=O) groups is 1. The first-order chi connectivity index (χ1) is 9.55. The zero-order valence-electron chi connectivity index (χ0n) is 11.9. The van der Waals surface area contributed by atoms with Crippen molar-refractivity contribution in [2.24, 2.45) is 5.41 Å². The Morgan fingerprint density at radius 3 is 2.80 bits per heavy atom. The van der Waals surface area contributed by atoms with Crippen molar-refractivity contribution in [2.45, 2.75) is 25.9 Å². The van der Waals surface area contributed by atoms with Gasteiger partial charge in [-0.05, 0) is 13.3 Å². The summed E-state index contributed by atoms with van der Waals surface area (Å²) in [5, 5.41) is 9.61. The molecule has 1 aliphatic rings. The van der Waals surface area contributed by atoms with E-state index in [1.165, 1.54) is 14.2 Å². The molecular weight excluding hydrogens is 262 g/mol. The van der Waals surface area contributed by atoms with E-state index < -0.39 is 11.4 Å². The van der Waals surface area contributed by atoms with Crippen LogP contribution in [-0.4, -0.2) is 43.0 Å². The van der Waals surface area contributed by atoms with Gasteiger partial charge >= 0.3 is 5.97 Å². The van der Waals surface area contributed by atoms with Gasteiger partial charge in [-0.1, -0.05) is 0 Å². The Morgan fingerprint density at radius 1 is 1.55 bits per heavy atom. The SMILES string of the molecule is COc1ccnc(CC2(C(=O)O)CCOC2C)c1OC. The van der Waals surface area contributed by atoms with E-state index in [9.17, 15) is 9.90 Å². The van der Waals surface area contributed by atoms with Crippen molar-refractivity contribution in [3.05, 3.63) is 18.0 Å². The van der Waals surface area contributed by atoms with Crippen LogP contribution < -0.4 is 9.47 Å². The van der Waals surface area contributed by atoms with E-state index in [1.54, 1.807) is 19.2 Å². The number of ether oxygens (including phenoxy) is 3. The average Bonchev–Trinajstić information content (AvgIpc) is 2.81. The summed E-state index contributed by atoms with van der Waals surface area (Å²) in [6.07, 6.45) is 1.94. The lowest BCUT2D eigenvalue weighted by atomic mass is 9.77. The summed E-state index contributed by atoms with van der Waals surface area (Å²) in [6.45, 7) is 2.23. The van der Waals surface area contributed by atoms with Crippen LogP contribution in [0.25, 0.3) is 0 Å². The molecule has 6 nitrogen and oxygen atoms in total. The third-order valence-electron chi connectivity index (χ3n) is 3.97. The molecular formula is C14H19NO5. The van der Waals surface area contributed by atoms with Crippen LogP contribution in [0.5, 0.6) is 11.5 Å². The highest BCUT2D eigenvalue weighted by atomic mass is 16.5. The van der Waals surface area contributed by atoms with E-state index in [-0.39, 0.29) is 12.5 Å². The van der Waals surface area contributed by atoms with E-state index in [4.69, 9.17) is 14.2 Å². The standard InChI is InChI=1S/C14H19NO5/c1-9-14(13(16)17,5-7-20-9)8-10-12(19-3)11(18-2)4-6-15-10/h4,6,9H,5,7-8H2,1-3H3,(H,16,17). The minimum Gasteiger partial charge on any atom is -0.493 e. The highest BCUT2D eigenvalue weighted by molar-refractivity contribution is 5.76. The van der Waals surface area contributed by atoms with Crippen molar-refractivity contribution >= 4 is 5.97 Å². The second kappa shape index (κ2) is 5.66. The van der Waals surface area contributed by atoms with E-state index in [2.05, 4.69) is 4.98 Å². The van der Waals surface area contributed by atoms with Gasteiger partial charge in [0.25, 0.3) is 0 Å². The second-order valence-electron chi connectivity index (χ2n) is 4.89. The minimum absolute atomic E-state index is 0.254. The highest BCUT2D eigenvalue weighted by Crippen LogP contribution is 2.41. The van der Waals surface area contributed by atoms with Crippen LogP contribution in [0, 0.1) is 5.41 Å². The van der Waals surface area contributed by atoms with Gasteiger partial charge in [-0.2, -0.15) is 0 Å². The number of carboxylic acids is 1. The maximum Gasteiger partial charge on any atom is 0.312 e. The van der Waals surface area contributed by atoms with Gasteiger partial charge in [-0.3, -0.25) is 9.78 Å². The van der Waals surface area contributed by atoms with Gasteiger partial charge in [0.2, 0.25) is 0 Å². The quantitative estimate of drug-likeness (QED) is 0.881. The first-order valence-electron chi connectivity index (χ1n) is 6.46. The number of rotatable bonds is 5. The van der Waals surface area contributed by atoms with Gasteiger partial charge in [0.15, 0.2) is 11.5 Å². The van der Waals surface area contributed by atoms with Crippen LogP contribution in [0.4, 0.5) is 0 Å². The molecule has 0 radical (unpaired) electrons. The number of hydrogen-bond donors (Lipinski definition) is 1. The Kier molecular flexibility index (Phi) is 4.13. The maximum atomic E-state index is 11.7. The lowest BCUT2D eigenvalue weighted by molar-refractivity contribution is -0.151. The summed E-state index contributed by atoms with van der Waals surface area (Å²) in [7, 11) is 3.06. The first-order valence-corrected chi connectivity index (χ1v) is 6.46. The van der Waals surface area contributed by atoms with E-state index in [0.717, 1.165) is 0 Å². The summed E-state index contributed by atoms with van der Waals surface area (Å²) in [5.41, 5.74) is -0.390. The molecule has 2 atom stereocenters. The Bertz CT molecular complexity index is 504. The van der Waals surface area contributed by atoms with Crippen LogP contribution in [-0.2, 0) is 16.0 Å². The van der Waals surface area contributed by atoms with Gasteiger partial charge in [0.05, 0.1) is 26.0 Å². The zero-order chi connectivity index (χ0) is 14.8. The van der Waals surface area contributed by atoms with Gasteiger partial charge in [0, 0.05) is 25.3 Å². The van der Waals surface area contributed by atoms with E-state index in [0.29, 0.717) is 30.2 Å². The molecule has 0 bridgehead atoms. The van der Waals surface area contributed by atoms with Gasteiger partial charge in [-0.25, -0.2) is 0 Å². The molecule has 0 aromatic carbocycles. The van der Waals surface area contributed by atoms with Crippen LogP contribution in [0.3, 0.4) is 0 Å². The molecule has 1 aromatic rings. The molecule has 110 valence electrons. The van der Waals surface area contributed by atoms with Crippen LogP contribution in [0.15, 0.2) is 12.3 Å². The van der Waals surface area contributed by atoms with Crippen LogP contribution >= 0.6 is 0 Å². The largest absolute Gasteiger partial charge is 0.493 e. The number of aromatic nitrogens is 1. The molecule has 1 aromatic heterocycles. The molecule has 20 heavy (non-hydrogen) atoms. The number of carboxylic acid groups (broad SMARTS) is 1. The number of nitrogens with zero attached hydrogens (tertiary/aromatic N) is 1. The van der Waals surface area contributed by atoms with E-state index in [1.807, 2.05) is 0 Å². The molecule has 0 spiro atoms. The molecule has 6 heteroatoms. The van der Waals surface area contributed by atoms with Crippen molar-refractivity contribution in [3.8, 4) is 11.5 Å². The normalized spacial score (nSPS) is 25.4. The zero-order valence-corrected chi connectivity index (χ0v) is 11.9. The molecule has 2 rings (SSSR count). The smallest absolute Gasteiger partial charge is 0.312 e. The number of aliphatic carboxylic acids is 1. The molecule has 2 heterocycles. The molecule has 0 amide bonds. The Balaban J connectivity index is 2.40. The lowest BCUT2D eigenvalue weighted by Gasteiger charge is -2.27. The minimum atomic E-state index is -0.966. The van der Waals surface area contributed by atoms with Crippen molar-refractivity contribution < 1.29 is 24.1 Å².